The fourth-order valence-electron chi connectivity index (χ4n) is 1.74. The first-order valence-corrected chi connectivity index (χ1v) is 5.94. The summed E-state index contributed by atoms with van der Waals surface area (Å²) in [6, 6.07) is -0.313. The lowest BCUT2D eigenvalue weighted by atomic mass is 10.3. The molecule has 1 aliphatic rings. The third-order valence-corrected chi connectivity index (χ3v) is 2.76. The van der Waals surface area contributed by atoms with Gasteiger partial charge in [0.25, 0.3) is 0 Å². The molecule has 1 fully saturated rings. The highest BCUT2D eigenvalue weighted by Crippen LogP contribution is 2.06. The molecule has 1 unspecified atom stereocenters. The molecule has 5 heteroatoms. The van der Waals surface area contributed by atoms with E-state index in [1.54, 1.807) is 6.92 Å². The van der Waals surface area contributed by atoms with Gasteiger partial charge in [0.15, 0.2) is 0 Å². The maximum Gasteiger partial charge on any atom is 0.236 e. The Morgan fingerprint density at radius 1 is 1.31 bits per heavy atom. The van der Waals surface area contributed by atoms with Crippen LogP contribution in [0.3, 0.4) is 0 Å². The van der Waals surface area contributed by atoms with E-state index in [1.807, 2.05) is 11.8 Å². The molecule has 5 nitrogen and oxygen atoms in total. The zero-order chi connectivity index (χ0) is 12.0. The maximum atomic E-state index is 11.7. The second-order valence-corrected chi connectivity index (χ2v) is 4.09. The number of nitrogens with one attached hydrogen (secondary N) is 2. The molecule has 0 spiro atoms. The molecule has 0 bridgehead atoms. The van der Waals surface area contributed by atoms with Gasteiger partial charge in [-0.3, -0.25) is 14.9 Å². The molecule has 0 saturated carbocycles. The van der Waals surface area contributed by atoms with Crippen LogP contribution >= 0.6 is 0 Å². The summed E-state index contributed by atoms with van der Waals surface area (Å²) >= 11 is 0. The summed E-state index contributed by atoms with van der Waals surface area (Å²) in [4.78, 5) is 24.9. The summed E-state index contributed by atoms with van der Waals surface area (Å²) in [5.74, 6) is 0.0328. The van der Waals surface area contributed by atoms with Crippen molar-refractivity contribution in [1.82, 2.24) is 15.5 Å². The van der Waals surface area contributed by atoms with Crippen LogP contribution in [-0.2, 0) is 9.59 Å². The van der Waals surface area contributed by atoms with Gasteiger partial charge in [0.05, 0.1) is 12.6 Å². The van der Waals surface area contributed by atoms with Gasteiger partial charge in [0.1, 0.15) is 0 Å². The fourth-order valence-corrected chi connectivity index (χ4v) is 1.74. The first kappa shape index (κ1) is 13.0. The topological polar surface area (TPSA) is 61.4 Å². The second kappa shape index (κ2) is 6.48. The van der Waals surface area contributed by atoms with Gasteiger partial charge in [0, 0.05) is 19.6 Å². The molecule has 2 amide bonds. The SMILES string of the molecule is CCNC(=O)C(C)NCC(=O)N1CCCC1. The Morgan fingerprint density at radius 2 is 1.94 bits per heavy atom. The highest BCUT2D eigenvalue weighted by atomic mass is 16.2. The summed E-state index contributed by atoms with van der Waals surface area (Å²) in [7, 11) is 0. The summed E-state index contributed by atoms with van der Waals surface area (Å²) in [5.41, 5.74) is 0. The van der Waals surface area contributed by atoms with Crippen molar-refractivity contribution >= 4 is 11.8 Å². The van der Waals surface area contributed by atoms with Gasteiger partial charge in [-0.2, -0.15) is 0 Å². The third kappa shape index (κ3) is 3.81. The molecule has 1 heterocycles. The molecule has 0 radical (unpaired) electrons. The Balaban J connectivity index is 2.22. The van der Waals surface area contributed by atoms with Crippen LogP contribution in [0.5, 0.6) is 0 Å². The Morgan fingerprint density at radius 3 is 2.50 bits per heavy atom. The molecule has 92 valence electrons. The fraction of sp³-hybridized carbons (Fsp3) is 0.818. The summed E-state index contributed by atoms with van der Waals surface area (Å²) in [5, 5.41) is 5.65. The van der Waals surface area contributed by atoms with E-state index in [0.717, 1.165) is 25.9 Å². The Bertz CT molecular complexity index is 250. The van der Waals surface area contributed by atoms with Crippen molar-refractivity contribution in [3.8, 4) is 0 Å². The quantitative estimate of drug-likeness (QED) is 0.679. The molecule has 1 saturated heterocycles. The number of likely N-dealkylation sites (N-methyl/N-ethyl adjacent to an activating group) is 1. The van der Waals surface area contributed by atoms with E-state index in [-0.39, 0.29) is 24.4 Å². The number of nitrogens with zero attached hydrogens (tertiary/aromatic N) is 1. The standard InChI is InChI=1S/C11H21N3O2/c1-3-12-11(16)9(2)13-8-10(15)14-6-4-5-7-14/h9,13H,3-8H2,1-2H3,(H,12,16). The first-order chi connectivity index (χ1) is 7.65. The van der Waals surface area contributed by atoms with E-state index < -0.39 is 0 Å². The van der Waals surface area contributed by atoms with E-state index in [1.165, 1.54) is 0 Å². The van der Waals surface area contributed by atoms with E-state index in [2.05, 4.69) is 10.6 Å². The predicted octanol–water partition coefficient (Wildman–Crippen LogP) is -0.277. The molecule has 1 atom stereocenters. The number of amides is 2. The number of hydrogen-bond donors (Lipinski definition) is 2. The minimum absolute atomic E-state index is 0.0586. The average Bonchev–Trinajstić information content (AvgIpc) is 2.79. The molecule has 0 aromatic carbocycles. The van der Waals surface area contributed by atoms with Gasteiger partial charge >= 0.3 is 0 Å². The van der Waals surface area contributed by atoms with Gasteiger partial charge in [-0.1, -0.05) is 0 Å². The number of carbonyl (C=O) groups excluding carboxylic acids is 2. The van der Waals surface area contributed by atoms with Crippen molar-refractivity contribution in [2.45, 2.75) is 32.7 Å². The number of rotatable bonds is 5. The Labute approximate surface area is 96.6 Å². The second-order valence-electron chi connectivity index (χ2n) is 4.09. The molecule has 0 aromatic heterocycles. The molecule has 16 heavy (non-hydrogen) atoms. The Kier molecular flexibility index (Phi) is 5.25. The third-order valence-electron chi connectivity index (χ3n) is 2.76. The van der Waals surface area contributed by atoms with Gasteiger partial charge in [0.2, 0.25) is 11.8 Å². The molecular formula is C11H21N3O2. The predicted molar refractivity (Wildman–Crippen MR) is 62.0 cm³/mol. The lowest BCUT2D eigenvalue weighted by molar-refractivity contribution is -0.129. The molecule has 1 rings (SSSR count). The molecule has 0 aliphatic carbocycles. The normalized spacial score (nSPS) is 17.2. The highest BCUT2D eigenvalue weighted by Gasteiger charge is 2.19. The van der Waals surface area contributed by atoms with Crippen molar-refractivity contribution in [1.29, 1.82) is 0 Å². The van der Waals surface area contributed by atoms with Crippen molar-refractivity contribution in [3.05, 3.63) is 0 Å². The minimum atomic E-state index is -0.313. The van der Waals surface area contributed by atoms with Crippen LogP contribution < -0.4 is 10.6 Å². The van der Waals surface area contributed by atoms with Crippen LogP contribution in [0.4, 0.5) is 0 Å². The van der Waals surface area contributed by atoms with Gasteiger partial charge in [-0.15, -0.1) is 0 Å². The summed E-state index contributed by atoms with van der Waals surface area (Å²) < 4.78 is 0. The zero-order valence-corrected chi connectivity index (χ0v) is 10.1. The maximum absolute atomic E-state index is 11.7. The van der Waals surface area contributed by atoms with Crippen molar-refractivity contribution in [2.24, 2.45) is 0 Å². The molecule has 1 aliphatic heterocycles. The van der Waals surface area contributed by atoms with Crippen LogP contribution in [0.15, 0.2) is 0 Å². The van der Waals surface area contributed by atoms with Crippen LogP contribution in [0.2, 0.25) is 0 Å². The smallest absolute Gasteiger partial charge is 0.236 e. The lowest BCUT2D eigenvalue weighted by Gasteiger charge is -2.18. The largest absolute Gasteiger partial charge is 0.355 e. The first-order valence-electron chi connectivity index (χ1n) is 5.94. The van der Waals surface area contributed by atoms with Gasteiger partial charge < -0.3 is 10.2 Å². The Hall–Kier alpha value is -1.10. The van der Waals surface area contributed by atoms with E-state index in [0.29, 0.717) is 6.54 Å². The summed E-state index contributed by atoms with van der Waals surface area (Å²) in [6.07, 6.45) is 2.19. The van der Waals surface area contributed by atoms with Crippen LogP contribution in [-0.4, -0.2) is 48.9 Å². The van der Waals surface area contributed by atoms with Gasteiger partial charge in [-0.25, -0.2) is 0 Å². The zero-order valence-electron chi connectivity index (χ0n) is 10.1. The van der Waals surface area contributed by atoms with Crippen LogP contribution in [0, 0.1) is 0 Å². The minimum Gasteiger partial charge on any atom is -0.355 e. The molecule has 2 N–H and O–H groups in total. The van der Waals surface area contributed by atoms with Crippen molar-refractivity contribution in [3.63, 3.8) is 0 Å². The lowest BCUT2D eigenvalue weighted by Crippen LogP contribution is -2.46. The van der Waals surface area contributed by atoms with Crippen molar-refractivity contribution < 1.29 is 9.59 Å². The number of hydrogen-bond acceptors (Lipinski definition) is 3. The van der Waals surface area contributed by atoms with Gasteiger partial charge in [-0.05, 0) is 26.7 Å². The number of carbonyl (C=O) groups is 2. The monoisotopic (exact) mass is 227 g/mol. The molecular weight excluding hydrogens is 206 g/mol. The number of likely N-dealkylation sites (tertiary alicyclic amines) is 1. The summed E-state index contributed by atoms with van der Waals surface area (Å²) in [6.45, 7) is 6.22. The molecule has 0 aromatic rings. The van der Waals surface area contributed by atoms with Crippen LogP contribution in [0.25, 0.3) is 0 Å². The van der Waals surface area contributed by atoms with E-state index >= 15 is 0 Å². The highest BCUT2D eigenvalue weighted by molar-refractivity contribution is 5.83. The average molecular weight is 227 g/mol. The van der Waals surface area contributed by atoms with Crippen molar-refractivity contribution in [2.75, 3.05) is 26.2 Å². The van der Waals surface area contributed by atoms with E-state index in [4.69, 9.17) is 0 Å². The van der Waals surface area contributed by atoms with Crippen LogP contribution in [0.1, 0.15) is 26.7 Å². The van der Waals surface area contributed by atoms with E-state index in [9.17, 15) is 9.59 Å².